The average Bonchev–Trinajstić information content (AvgIpc) is 2.92. The van der Waals surface area contributed by atoms with Crippen molar-refractivity contribution in [2.75, 3.05) is 11.1 Å². The molecule has 1 unspecified atom stereocenters. The summed E-state index contributed by atoms with van der Waals surface area (Å²) in [5, 5.41) is 17.3. The lowest BCUT2D eigenvalue weighted by Crippen LogP contribution is -2.31. The molecule has 0 aromatic heterocycles. The molecule has 38 heavy (non-hydrogen) atoms. The number of thioether (sulfide) groups is 1. The molecule has 0 saturated heterocycles. The van der Waals surface area contributed by atoms with E-state index in [1.54, 1.807) is 25.1 Å². The molecular formula is C30H26ClN3O3S. The lowest BCUT2D eigenvalue weighted by atomic mass is 9.82. The zero-order valence-corrected chi connectivity index (χ0v) is 22.5. The van der Waals surface area contributed by atoms with E-state index < -0.39 is 11.9 Å². The van der Waals surface area contributed by atoms with Crippen molar-refractivity contribution in [2.24, 2.45) is 0 Å². The first kappa shape index (κ1) is 27.1. The molecule has 192 valence electrons. The highest BCUT2D eigenvalue weighted by Gasteiger charge is 2.36. The maximum absolute atomic E-state index is 13.6. The molecule has 1 atom stereocenters. The molecule has 1 aliphatic rings. The molecule has 0 aliphatic carbocycles. The van der Waals surface area contributed by atoms with Gasteiger partial charge in [-0.1, -0.05) is 90.1 Å². The summed E-state index contributed by atoms with van der Waals surface area (Å²) >= 11 is 7.73. The van der Waals surface area contributed by atoms with Gasteiger partial charge in [0.2, 0.25) is 0 Å². The highest BCUT2D eigenvalue weighted by atomic mass is 35.5. The highest BCUT2D eigenvalue weighted by Crippen LogP contribution is 2.43. The Morgan fingerprint density at radius 3 is 2.42 bits per heavy atom. The molecule has 2 N–H and O–H groups in total. The fourth-order valence-corrected chi connectivity index (χ4v) is 5.30. The molecule has 4 rings (SSSR count). The van der Waals surface area contributed by atoms with Crippen LogP contribution in [0.15, 0.2) is 101 Å². The first-order chi connectivity index (χ1) is 18.4. The van der Waals surface area contributed by atoms with Crippen LogP contribution in [0.3, 0.4) is 0 Å². The Hall–Kier alpha value is -3.99. The van der Waals surface area contributed by atoms with E-state index in [0.29, 0.717) is 38.1 Å². The minimum Gasteiger partial charge on any atom is -0.460 e. The molecule has 1 aliphatic heterocycles. The number of hydrogen-bond donors (Lipinski definition) is 2. The number of anilines is 1. The summed E-state index contributed by atoms with van der Waals surface area (Å²) in [7, 11) is 0. The van der Waals surface area contributed by atoms with Crippen molar-refractivity contribution in [1.82, 2.24) is 5.32 Å². The normalized spacial score (nSPS) is 14.9. The first-order valence-corrected chi connectivity index (χ1v) is 13.3. The van der Waals surface area contributed by atoms with Gasteiger partial charge in [-0.2, -0.15) is 5.26 Å². The quantitative estimate of drug-likeness (QED) is 0.317. The Morgan fingerprint density at radius 1 is 1.03 bits per heavy atom. The van der Waals surface area contributed by atoms with E-state index in [1.165, 1.54) is 0 Å². The van der Waals surface area contributed by atoms with Crippen LogP contribution in [-0.2, 0) is 20.9 Å². The van der Waals surface area contributed by atoms with Gasteiger partial charge in [0.15, 0.2) is 0 Å². The smallest absolute Gasteiger partial charge is 0.316 e. The van der Waals surface area contributed by atoms with Crippen LogP contribution in [0, 0.1) is 18.3 Å². The molecule has 0 spiro atoms. The van der Waals surface area contributed by atoms with Crippen LogP contribution in [0.25, 0.3) is 0 Å². The van der Waals surface area contributed by atoms with Gasteiger partial charge in [0, 0.05) is 22.0 Å². The standard InChI is InChI=1S/C30H26ClN3O3S/c1-19-10-6-9-15-25(19)34-29(36)27-20(2)33-30(23(16-32)28(27)22-13-7-8-14-24(22)31)38-18-26(35)37-17-21-11-4-3-5-12-21/h3-15,28,33H,17-18H2,1-2H3,(H,34,36). The number of nitrogens with zero attached hydrogens (tertiary/aromatic N) is 1. The third-order valence-corrected chi connectivity index (χ3v) is 7.41. The first-order valence-electron chi connectivity index (χ1n) is 11.9. The van der Waals surface area contributed by atoms with Crippen LogP contribution < -0.4 is 10.6 Å². The van der Waals surface area contributed by atoms with E-state index in [2.05, 4.69) is 16.7 Å². The van der Waals surface area contributed by atoms with Gasteiger partial charge in [-0.25, -0.2) is 0 Å². The Labute approximate surface area is 231 Å². The van der Waals surface area contributed by atoms with Crippen LogP contribution in [0.5, 0.6) is 0 Å². The third-order valence-electron chi connectivity index (χ3n) is 6.08. The molecular weight excluding hydrogens is 518 g/mol. The molecule has 0 saturated carbocycles. The number of halogens is 1. The van der Waals surface area contributed by atoms with Crippen molar-refractivity contribution in [2.45, 2.75) is 26.4 Å². The predicted octanol–water partition coefficient (Wildman–Crippen LogP) is 6.46. The number of dihydropyridines is 1. The second-order valence-electron chi connectivity index (χ2n) is 8.68. The fraction of sp³-hybridized carbons (Fsp3) is 0.167. The van der Waals surface area contributed by atoms with Crippen molar-refractivity contribution in [3.63, 3.8) is 0 Å². The minimum absolute atomic E-state index is 0.00634. The number of aryl methyl sites for hydroxylation is 1. The maximum Gasteiger partial charge on any atom is 0.316 e. The van der Waals surface area contributed by atoms with Crippen LogP contribution in [0.2, 0.25) is 5.02 Å². The highest BCUT2D eigenvalue weighted by molar-refractivity contribution is 8.03. The number of nitrogens with one attached hydrogen (secondary N) is 2. The van der Waals surface area contributed by atoms with E-state index in [9.17, 15) is 14.9 Å². The number of para-hydroxylation sites is 1. The van der Waals surface area contributed by atoms with Gasteiger partial charge in [0.25, 0.3) is 5.91 Å². The summed E-state index contributed by atoms with van der Waals surface area (Å²) in [6.45, 7) is 3.86. The molecule has 0 fully saturated rings. The molecule has 3 aromatic carbocycles. The summed E-state index contributed by atoms with van der Waals surface area (Å²) in [6, 6.07) is 26.3. The topological polar surface area (TPSA) is 91.2 Å². The SMILES string of the molecule is CC1=C(C(=O)Nc2ccccc2C)C(c2ccccc2Cl)C(C#N)=C(SCC(=O)OCc2ccccc2)N1. The zero-order valence-electron chi connectivity index (χ0n) is 21.0. The third kappa shape index (κ3) is 6.28. The number of rotatable bonds is 8. The fourth-order valence-electron chi connectivity index (χ4n) is 4.16. The largest absolute Gasteiger partial charge is 0.460 e. The van der Waals surface area contributed by atoms with Crippen LogP contribution in [-0.4, -0.2) is 17.6 Å². The number of hydrogen-bond acceptors (Lipinski definition) is 6. The Kier molecular flexibility index (Phi) is 8.90. The number of benzene rings is 3. The van der Waals surface area contributed by atoms with E-state index in [4.69, 9.17) is 16.3 Å². The number of allylic oxidation sites excluding steroid dienone is 2. The molecule has 1 amide bonds. The van der Waals surface area contributed by atoms with Crippen molar-refractivity contribution in [1.29, 1.82) is 5.26 Å². The summed E-state index contributed by atoms with van der Waals surface area (Å²) in [5.41, 5.74) is 4.37. The molecule has 3 aromatic rings. The van der Waals surface area contributed by atoms with Gasteiger partial charge >= 0.3 is 5.97 Å². The second-order valence-corrected chi connectivity index (χ2v) is 10.1. The maximum atomic E-state index is 13.6. The predicted molar refractivity (Wildman–Crippen MR) is 151 cm³/mol. The number of carbonyl (C=O) groups is 2. The average molecular weight is 544 g/mol. The molecule has 0 bridgehead atoms. The van der Waals surface area contributed by atoms with Crippen molar-refractivity contribution in [3.05, 3.63) is 122 Å². The number of carbonyl (C=O) groups excluding carboxylic acids is 2. The van der Waals surface area contributed by atoms with Gasteiger partial charge in [0.05, 0.1) is 28.3 Å². The van der Waals surface area contributed by atoms with Gasteiger partial charge in [-0.3, -0.25) is 9.59 Å². The van der Waals surface area contributed by atoms with Crippen molar-refractivity contribution >= 4 is 40.9 Å². The molecule has 1 heterocycles. The van der Waals surface area contributed by atoms with Crippen molar-refractivity contribution in [3.8, 4) is 6.07 Å². The Bertz CT molecular complexity index is 1460. The van der Waals surface area contributed by atoms with Crippen molar-refractivity contribution < 1.29 is 14.3 Å². The van der Waals surface area contributed by atoms with E-state index in [1.807, 2.05) is 67.6 Å². The summed E-state index contributed by atoms with van der Waals surface area (Å²) in [6.07, 6.45) is 0. The second kappa shape index (κ2) is 12.5. The summed E-state index contributed by atoms with van der Waals surface area (Å²) in [4.78, 5) is 26.1. The van der Waals surface area contributed by atoms with Crippen LogP contribution >= 0.6 is 23.4 Å². The number of amides is 1. The Morgan fingerprint density at radius 2 is 1.71 bits per heavy atom. The summed E-state index contributed by atoms with van der Waals surface area (Å²) in [5.74, 6) is -1.48. The lowest BCUT2D eigenvalue weighted by Gasteiger charge is -2.30. The monoisotopic (exact) mass is 543 g/mol. The van der Waals surface area contributed by atoms with E-state index >= 15 is 0 Å². The van der Waals surface area contributed by atoms with E-state index in [-0.39, 0.29) is 18.3 Å². The number of nitriles is 1. The molecule has 8 heteroatoms. The van der Waals surface area contributed by atoms with Gasteiger partial charge in [-0.15, -0.1) is 0 Å². The van der Waals surface area contributed by atoms with Gasteiger partial charge in [0.1, 0.15) is 6.61 Å². The van der Waals surface area contributed by atoms with E-state index in [0.717, 1.165) is 22.9 Å². The molecule has 6 nitrogen and oxygen atoms in total. The number of esters is 1. The molecule has 0 radical (unpaired) electrons. The van der Waals surface area contributed by atoms with Gasteiger partial charge < -0.3 is 15.4 Å². The van der Waals surface area contributed by atoms with Crippen LogP contribution in [0.4, 0.5) is 5.69 Å². The minimum atomic E-state index is -0.721. The Balaban J connectivity index is 1.61. The van der Waals surface area contributed by atoms with Gasteiger partial charge in [-0.05, 0) is 42.7 Å². The number of ether oxygens (including phenoxy) is 1. The van der Waals surface area contributed by atoms with Crippen LogP contribution in [0.1, 0.15) is 29.5 Å². The summed E-state index contributed by atoms with van der Waals surface area (Å²) < 4.78 is 5.39. The lowest BCUT2D eigenvalue weighted by molar-refractivity contribution is -0.141. The zero-order chi connectivity index (χ0) is 27.1.